The van der Waals surface area contributed by atoms with Crippen LogP contribution in [0.5, 0.6) is 0 Å². The fraction of sp³-hybridized carbons (Fsp3) is 0.417. The van der Waals surface area contributed by atoms with Crippen LogP contribution in [0.4, 0.5) is 0 Å². The molecule has 1 fully saturated rings. The van der Waals surface area contributed by atoms with E-state index in [1.807, 2.05) is 24.0 Å². The largest absolute Gasteiger partial charge is 0.331 e. The van der Waals surface area contributed by atoms with Gasteiger partial charge in [-0.1, -0.05) is 12.1 Å². The third-order valence-electron chi connectivity index (χ3n) is 2.49. The van der Waals surface area contributed by atoms with Crippen molar-refractivity contribution in [1.82, 2.24) is 4.90 Å². The lowest BCUT2D eigenvalue weighted by atomic mass is 10.3. The minimum atomic E-state index is 0.147. The van der Waals surface area contributed by atoms with Gasteiger partial charge in [-0.2, -0.15) is 0 Å². The predicted molar refractivity (Wildman–Crippen MR) is 62.7 cm³/mol. The van der Waals surface area contributed by atoms with Crippen molar-refractivity contribution in [3.63, 3.8) is 0 Å². The Morgan fingerprint density at radius 2 is 2.47 bits per heavy atom. The zero-order valence-electron chi connectivity index (χ0n) is 8.85. The van der Waals surface area contributed by atoms with Gasteiger partial charge < -0.3 is 4.90 Å². The first-order chi connectivity index (χ1) is 7.31. The van der Waals surface area contributed by atoms with Crippen molar-refractivity contribution in [2.24, 2.45) is 0 Å². The first kappa shape index (κ1) is 10.4. The number of nitrogens with zero attached hydrogens (tertiary/aromatic N) is 1. The van der Waals surface area contributed by atoms with Gasteiger partial charge in [0, 0.05) is 10.9 Å². The quantitative estimate of drug-likeness (QED) is 0.716. The van der Waals surface area contributed by atoms with Crippen molar-refractivity contribution >= 4 is 17.2 Å². The zero-order valence-corrected chi connectivity index (χ0v) is 9.67. The maximum atomic E-state index is 11.8. The molecule has 1 amide bonds. The Labute approximate surface area is 94.2 Å². The van der Waals surface area contributed by atoms with Crippen LogP contribution in [0.15, 0.2) is 29.7 Å². The standard InChI is InChI=1S/C12H15NOS/c1-2-4-12(14)13(10-6-7-10)9-11-5-3-8-15-11/h2-5,8,10H,6-7,9H2,1H3. The Hall–Kier alpha value is -1.09. The number of hydrogen-bond acceptors (Lipinski definition) is 2. The molecule has 0 radical (unpaired) electrons. The molecule has 0 saturated heterocycles. The van der Waals surface area contributed by atoms with Crippen LogP contribution in [0.25, 0.3) is 0 Å². The van der Waals surface area contributed by atoms with E-state index in [2.05, 4.69) is 11.4 Å². The molecule has 1 aliphatic rings. The van der Waals surface area contributed by atoms with Crippen LogP contribution in [0.1, 0.15) is 24.6 Å². The molecule has 0 N–H and O–H groups in total. The van der Waals surface area contributed by atoms with Crippen LogP contribution in [0.2, 0.25) is 0 Å². The van der Waals surface area contributed by atoms with Gasteiger partial charge in [0.15, 0.2) is 0 Å². The summed E-state index contributed by atoms with van der Waals surface area (Å²) in [4.78, 5) is 15.0. The second-order valence-electron chi connectivity index (χ2n) is 3.78. The van der Waals surface area contributed by atoms with Gasteiger partial charge in [-0.3, -0.25) is 4.79 Å². The van der Waals surface area contributed by atoms with Gasteiger partial charge >= 0.3 is 0 Å². The van der Waals surface area contributed by atoms with E-state index < -0.39 is 0 Å². The minimum Gasteiger partial charge on any atom is -0.331 e. The Morgan fingerprint density at radius 1 is 1.67 bits per heavy atom. The molecule has 2 rings (SSSR count). The molecule has 0 unspecified atom stereocenters. The third-order valence-corrected chi connectivity index (χ3v) is 3.35. The monoisotopic (exact) mass is 221 g/mol. The van der Waals surface area contributed by atoms with Gasteiger partial charge in [0.1, 0.15) is 0 Å². The number of carbonyl (C=O) groups excluding carboxylic acids is 1. The van der Waals surface area contributed by atoms with E-state index in [0.29, 0.717) is 6.04 Å². The molecule has 1 aliphatic carbocycles. The fourth-order valence-corrected chi connectivity index (χ4v) is 2.28. The maximum Gasteiger partial charge on any atom is 0.246 e. The average Bonchev–Trinajstić information content (AvgIpc) is 2.93. The Balaban J connectivity index is 2.03. The minimum absolute atomic E-state index is 0.147. The molecule has 1 heterocycles. The van der Waals surface area contributed by atoms with Crippen LogP contribution in [-0.4, -0.2) is 16.8 Å². The van der Waals surface area contributed by atoms with E-state index in [1.54, 1.807) is 17.4 Å². The summed E-state index contributed by atoms with van der Waals surface area (Å²) in [5, 5.41) is 2.06. The summed E-state index contributed by atoms with van der Waals surface area (Å²) in [6, 6.07) is 4.60. The Morgan fingerprint density at radius 3 is 3.00 bits per heavy atom. The summed E-state index contributed by atoms with van der Waals surface area (Å²) in [6.07, 6.45) is 5.79. The summed E-state index contributed by atoms with van der Waals surface area (Å²) < 4.78 is 0. The molecule has 1 saturated carbocycles. The second-order valence-corrected chi connectivity index (χ2v) is 4.81. The van der Waals surface area contributed by atoms with E-state index in [-0.39, 0.29) is 5.91 Å². The molecule has 0 atom stereocenters. The van der Waals surface area contributed by atoms with Gasteiger partial charge in [0.25, 0.3) is 0 Å². The summed E-state index contributed by atoms with van der Waals surface area (Å²) in [5.41, 5.74) is 0. The van der Waals surface area contributed by atoms with Crippen molar-refractivity contribution in [3.8, 4) is 0 Å². The molecular formula is C12H15NOS. The molecule has 1 aromatic heterocycles. The predicted octanol–water partition coefficient (Wildman–Crippen LogP) is 2.82. The number of thiophene rings is 1. The highest BCUT2D eigenvalue weighted by Crippen LogP contribution is 2.29. The summed E-state index contributed by atoms with van der Waals surface area (Å²) in [6.45, 7) is 2.65. The lowest BCUT2D eigenvalue weighted by Crippen LogP contribution is -2.30. The van der Waals surface area contributed by atoms with E-state index >= 15 is 0 Å². The molecule has 0 aliphatic heterocycles. The number of amides is 1. The lowest BCUT2D eigenvalue weighted by molar-refractivity contribution is -0.127. The van der Waals surface area contributed by atoms with Crippen LogP contribution < -0.4 is 0 Å². The van der Waals surface area contributed by atoms with Gasteiger partial charge in [-0.15, -0.1) is 11.3 Å². The van der Waals surface area contributed by atoms with Crippen molar-refractivity contribution in [2.45, 2.75) is 32.4 Å². The van der Waals surface area contributed by atoms with Gasteiger partial charge in [-0.05, 0) is 37.3 Å². The second kappa shape index (κ2) is 4.62. The summed E-state index contributed by atoms with van der Waals surface area (Å²) in [5.74, 6) is 0.147. The Kier molecular flexibility index (Phi) is 3.21. The van der Waals surface area contributed by atoms with E-state index in [4.69, 9.17) is 0 Å². The highest BCUT2D eigenvalue weighted by Gasteiger charge is 2.31. The smallest absolute Gasteiger partial charge is 0.246 e. The van der Waals surface area contributed by atoms with Crippen LogP contribution in [-0.2, 0) is 11.3 Å². The first-order valence-corrected chi connectivity index (χ1v) is 6.15. The number of hydrogen-bond donors (Lipinski definition) is 0. The van der Waals surface area contributed by atoms with Gasteiger partial charge in [0.2, 0.25) is 5.91 Å². The molecule has 15 heavy (non-hydrogen) atoms. The molecule has 2 nitrogen and oxygen atoms in total. The van der Waals surface area contributed by atoms with E-state index in [0.717, 1.165) is 19.4 Å². The molecule has 3 heteroatoms. The highest BCUT2D eigenvalue weighted by atomic mass is 32.1. The number of rotatable bonds is 4. The average molecular weight is 221 g/mol. The van der Waals surface area contributed by atoms with Crippen LogP contribution in [0, 0.1) is 0 Å². The van der Waals surface area contributed by atoms with E-state index in [1.165, 1.54) is 4.88 Å². The van der Waals surface area contributed by atoms with Crippen molar-refractivity contribution in [2.75, 3.05) is 0 Å². The number of carbonyl (C=O) groups is 1. The molecule has 0 aromatic carbocycles. The molecular weight excluding hydrogens is 206 g/mol. The first-order valence-electron chi connectivity index (χ1n) is 5.27. The van der Waals surface area contributed by atoms with Crippen molar-refractivity contribution in [3.05, 3.63) is 34.5 Å². The lowest BCUT2D eigenvalue weighted by Gasteiger charge is -2.19. The normalized spacial score (nSPS) is 15.8. The number of allylic oxidation sites excluding steroid dienone is 1. The van der Waals surface area contributed by atoms with Crippen LogP contribution >= 0.6 is 11.3 Å². The summed E-state index contributed by atoms with van der Waals surface area (Å²) in [7, 11) is 0. The van der Waals surface area contributed by atoms with E-state index in [9.17, 15) is 4.79 Å². The van der Waals surface area contributed by atoms with Crippen LogP contribution in [0.3, 0.4) is 0 Å². The molecule has 1 aromatic rings. The maximum absolute atomic E-state index is 11.8. The molecule has 80 valence electrons. The fourth-order valence-electron chi connectivity index (χ4n) is 1.58. The molecule has 0 bridgehead atoms. The van der Waals surface area contributed by atoms with Gasteiger partial charge in [-0.25, -0.2) is 0 Å². The van der Waals surface area contributed by atoms with Crippen molar-refractivity contribution < 1.29 is 4.79 Å². The highest BCUT2D eigenvalue weighted by molar-refractivity contribution is 7.09. The Bertz CT molecular complexity index is 352. The summed E-state index contributed by atoms with van der Waals surface area (Å²) >= 11 is 1.71. The third kappa shape index (κ3) is 2.69. The zero-order chi connectivity index (χ0) is 10.7. The SMILES string of the molecule is CC=CC(=O)N(Cc1cccs1)C1CC1. The van der Waals surface area contributed by atoms with Crippen molar-refractivity contribution in [1.29, 1.82) is 0 Å². The van der Waals surface area contributed by atoms with Gasteiger partial charge in [0.05, 0.1) is 6.54 Å². The topological polar surface area (TPSA) is 20.3 Å². The molecule has 0 spiro atoms.